The molecule has 0 bridgehead atoms. The number of nitrogens with zero attached hydrogens (tertiary/aromatic N) is 1. The van der Waals surface area contributed by atoms with Gasteiger partial charge >= 0.3 is 0 Å². The van der Waals surface area contributed by atoms with E-state index in [0.29, 0.717) is 16.6 Å². The van der Waals surface area contributed by atoms with Gasteiger partial charge in [0.15, 0.2) is 16.6 Å². The third-order valence-corrected chi connectivity index (χ3v) is 5.34. The van der Waals surface area contributed by atoms with Crippen molar-refractivity contribution in [2.24, 2.45) is 0 Å². The molecule has 3 aromatic rings. The summed E-state index contributed by atoms with van der Waals surface area (Å²) in [6.07, 6.45) is 1.32. The van der Waals surface area contributed by atoms with Gasteiger partial charge in [-0.25, -0.2) is 4.98 Å². The number of anilines is 1. The van der Waals surface area contributed by atoms with Crippen LogP contribution in [0.1, 0.15) is 0 Å². The molecule has 1 aromatic heterocycles. The molecule has 0 saturated heterocycles. The van der Waals surface area contributed by atoms with E-state index in [1.807, 2.05) is 42.7 Å². The molecule has 24 heavy (non-hydrogen) atoms. The van der Waals surface area contributed by atoms with Crippen molar-refractivity contribution in [2.45, 2.75) is 11.0 Å². The van der Waals surface area contributed by atoms with Crippen LogP contribution in [0.25, 0.3) is 10.2 Å². The number of thiazole rings is 1. The molecule has 1 aliphatic heterocycles. The molecule has 1 amide bonds. The summed E-state index contributed by atoms with van der Waals surface area (Å²) in [4.78, 5) is 18.1. The Morgan fingerprint density at radius 1 is 1.25 bits per heavy atom. The van der Waals surface area contributed by atoms with Gasteiger partial charge in [0.2, 0.25) is 6.10 Å². The smallest absolute Gasteiger partial charge is 0.270 e. The minimum absolute atomic E-state index is 0.184. The third-order valence-electron chi connectivity index (χ3n) is 3.63. The molecule has 0 saturated carbocycles. The number of aromatic nitrogens is 1. The normalized spacial score (nSPS) is 16.1. The van der Waals surface area contributed by atoms with Gasteiger partial charge in [-0.1, -0.05) is 29.5 Å². The van der Waals surface area contributed by atoms with E-state index in [4.69, 9.17) is 9.47 Å². The van der Waals surface area contributed by atoms with E-state index < -0.39 is 6.10 Å². The van der Waals surface area contributed by atoms with Crippen LogP contribution in [0.5, 0.6) is 11.5 Å². The van der Waals surface area contributed by atoms with E-state index in [2.05, 4.69) is 10.3 Å². The number of carbonyl (C=O) groups excluding carboxylic acids is 1. The molecule has 1 N–H and O–H groups in total. The minimum Gasteiger partial charge on any atom is -0.485 e. The molecular weight excluding hydrogens is 344 g/mol. The lowest BCUT2D eigenvalue weighted by atomic mass is 10.2. The number of amides is 1. The SMILES string of the molecule is CSc1cccc2sc(NC(=O)[C@H]3COc4ccccc4O3)nc12. The Morgan fingerprint density at radius 2 is 2.08 bits per heavy atom. The topological polar surface area (TPSA) is 60.5 Å². The molecule has 2 aromatic carbocycles. The molecule has 1 atom stereocenters. The van der Waals surface area contributed by atoms with Crippen molar-refractivity contribution in [1.29, 1.82) is 0 Å². The summed E-state index contributed by atoms with van der Waals surface area (Å²) in [5, 5.41) is 3.41. The number of hydrogen-bond acceptors (Lipinski definition) is 6. The quantitative estimate of drug-likeness (QED) is 0.722. The molecule has 0 fully saturated rings. The number of nitrogens with one attached hydrogen (secondary N) is 1. The Bertz CT molecular complexity index is 910. The van der Waals surface area contributed by atoms with Crippen molar-refractivity contribution in [3.05, 3.63) is 42.5 Å². The lowest BCUT2D eigenvalue weighted by Gasteiger charge is -2.25. The van der Waals surface area contributed by atoms with Crippen LogP contribution < -0.4 is 14.8 Å². The van der Waals surface area contributed by atoms with Gasteiger partial charge in [-0.2, -0.15) is 0 Å². The number of carbonyl (C=O) groups is 1. The number of rotatable bonds is 3. The van der Waals surface area contributed by atoms with E-state index in [0.717, 1.165) is 15.1 Å². The van der Waals surface area contributed by atoms with Gasteiger partial charge in [0.1, 0.15) is 6.61 Å². The first-order chi connectivity index (χ1) is 11.7. The molecule has 0 spiro atoms. The summed E-state index contributed by atoms with van der Waals surface area (Å²) in [5.41, 5.74) is 0.913. The fourth-order valence-electron chi connectivity index (χ4n) is 2.48. The van der Waals surface area contributed by atoms with Gasteiger partial charge < -0.3 is 9.47 Å². The molecule has 0 radical (unpaired) electrons. The highest BCUT2D eigenvalue weighted by atomic mass is 32.2. The maximum Gasteiger partial charge on any atom is 0.270 e. The molecule has 0 unspecified atom stereocenters. The zero-order chi connectivity index (χ0) is 16.5. The first-order valence-corrected chi connectivity index (χ1v) is 9.41. The molecular formula is C17H14N2O3S2. The van der Waals surface area contributed by atoms with Crippen molar-refractivity contribution in [1.82, 2.24) is 4.98 Å². The number of para-hydroxylation sites is 3. The van der Waals surface area contributed by atoms with Crippen molar-refractivity contribution in [2.75, 3.05) is 18.2 Å². The second-order valence-electron chi connectivity index (χ2n) is 5.18. The van der Waals surface area contributed by atoms with Gasteiger partial charge in [-0.05, 0) is 30.5 Å². The summed E-state index contributed by atoms with van der Waals surface area (Å²) < 4.78 is 12.3. The number of thioether (sulfide) groups is 1. The van der Waals surface area contributed by atoms with Crippen molar-refractivity contribution in [3.8, 4) is 11.5 Å². The van der Waals surface area contributed by atoms with E-state index >= 15 is 0 Å². The summed E-state index contributed by atoms with van der Waals surface area (Å²) in [6.45, 7) is 0.184. The maximum atomic E-state index is 12.5. The number of fused-ring (bicyclic) bond motifs is 2. The zero-order valence-corrected chi connectivity index (χ0v) is 14.4. The van der Waals surface area contributed by atoms with Gasteiger partial charge in [-0.15, -0.1) is 11.8 Å². The Kier molecular flexibility index (Phi) is 4.03. The van der Waals surface area contributed by atoms with Gasteiger partial charge in [0.05, 0.1) is 10.2 Å². The van der Waals surface area contributed by atoms with Crippen LogP contribution in [-0.4, -0.2) is 29.9 Å². The molecule has 1 aliphatic rings. The van der Waals surface area contributed by atoms with Gasteiger partial charge in [0, 0.05) is 4.90 Å². The summed E-state index contributed by atoms with van der Waals surface area (Å²) in [6, 6.07) is 13.3. The van der Waals surface area contributed by atoms with E-state index in [1.54, 1.807) is 17.8 Å². The Morgan fingerprint density at radius 3 is 2.92 bits per heavy atom. The van der Waals surface area contributed by atoms with Crippen LogP contribution in [0.2, 0.25) is 0 Å². The first kappa shape index (κ1) is 15.3. The van der Waals surface area contributed by atoms with Crippen molar-refractivity contribution >= 4 is 44.4 Å². The molecule has 4 rings (SSSR count). The van der Waals surface area contributed by atoms with Crippen LogP contribution in [0, 0.1) is 0 Å². The molecule has 7 heteroatoms. The predicted octanol–water partition coefficient (Wildman–Crippen LogP) is 3.80. The summed E-state index contributed by atoms with van der Waals surface area (Å²) in [5.74, 6) is 0.985. The highest BCUT2D eigenvalue weighted by Gasteiger charge is 2.28. The second-order valence-corrected chi connectivity index (χ2v) is 7.06. The first-order valence-electron chi connectivity index (χ1n) is 7.37. The van der Waals surface area contributed by atoms with Crippen molar-refractivity contribution < 1.29 is 14.3 Å². The number of benzene rings is 2. The Labute approximate surface area is 147 Å². The standard InChI is InChI=1S/C17H14N2O3S2/c1-23-13-7-4-8-14-15(13)18-17(24-14)19-16(20)12-9-21-10-5-2-3-6-11(10)22-12/h2-8,12H,9H2,1H3,(H,18,19,20)/t12-/m1/s1. The minimum atomic E-state index is -0.688. The van der Waals surface area contributed by atoms with Crippen LogP contribution in [0.3, 0.4) is 0 Å². The predicted molar refractivity (Wildman–Crippen MR) is 96.4 cm³/mol. The van der Waals surface area contributed by atoms with Crippen LogP contribution in [-0.2, 0) is 4.79 Å². The largest absolute Gasteiger partial charge is 0.485 e. The summed E-state index contributed by atoms with van der Waals surface area (Å²) >= 11 is 3.09. The fraction of sp³-hybridized carbons (Fsp3) is 0.176. The van der Waals surface area contributed by atoms with Gasteiger partial charge in [0.25, 0.3) is 5.91 Å². The van der Waals surface area contributed by atoms with Crippen molar-refractivity contribution in [3.63, 3.8) is 0 Å². The molecule has 2 heterocycles. The van der Waals surface area contributed by atoms with E-state index in [-0.39, 0.29) is 12.5 Å². The fourth-order valence-corrected chi connectivity index (χ4v) is 4.00. The lowest BCUT2D eigenvalue weighted by molar-refractivity contribution is -0.125. The van der Waals surface area contributed by atoms with Crippen LogP contribution in [0.15, 0.2) is 47.4 Å². The lowest BCUT2D eigenvalue weighted by Crippen LogP contribution is -2.40. The molecule has 0 aliphatic carbocycles. The van der Waals surface area contributed by atoms with Crippen LogP contribution >= 0.6 is 23.1 Å². The average Bonchev–Trinajstić information content (AvgIpc) is 3.03. The summed E-state index contributed by atoms with van der Waals surface area (Å²) in [7, 11) is 0. The molecule has 122 valence electrons. The third kappa shape index (κ3) is 2.81. The zero-order valence-electron chi connectivity index (χ0n) is 12.8. The average molecular weight is 358 g/mol. The molecule has 5 nitrogen and oxygen atoms in total. The number of ether oxygens (including phenoxy) is 2. The monoisotopic (exact) mass is 358 g/mol. The Balaban J connectivity index is 1.53. The van der Waals surface area contributed by atoms with Gasteiger partial charge in [-0.3, -0.25) is 10.1 Å². The second kappa shape index (κ2) is 6.33. The maximum absolute atomic E-state index is 12.5. The van der Waals surface area contributed by atoms with Crippen LogP contribution in [0.4, 0.5) is 5.13 Å². The van der Waals surface area contributed by atoms with E-state index in [9.17, 15) is 4.79 Å². The Hall–Kier alpha value is -2.25. The number of hydrogen-bond donors (Lipinski definition) is 1. The highest BCUT2D eigenvalue weighted by Crippen LogP contribution is 2.33. The highest BCUT2D eigenvalue weighted by molar-refractivity contribution is 7.98. The van der Waals surface area contributed by atoms with E-state index in [1.165, 1.54) is 11.3 Å².